The summed E-state index contributed by atoms with van der Waals surface area (Å²) in [6.07, 6.45) is 1.37. The molecule has 0 saturated heterocycles. The third-order valence-corrected chi connectivity index (χ3v) is 5.28. The molecule has 0 amide bonds. The van der Waals surface area contributed by atoms with Crippen LogP contribution in [0.15, 0.2) is 64.0 Å². The lowest BCUT2D eigenvalue weighted by Gasteiger charge is -2.14. The second kappa shape index (κ2) is 6.70. The van der Waals surface area contributed by atoms with Gasteiger partial charge in [0.1, 0.15) is 17.6 Å². The van der Waals surface area contributed by atoms with Gasteiger partial charge < -0.3 is 8.60 Å². The van der Waals surface area contributed by atoms with Crippen LogP contribution in [0.2, 0.25) is 0 Å². The van der Waals surface area contributed by atoms with Crippen LogP contribution in [0, 0.1) is 0 Å². The summed E-state index contributed by atoms with van der Waals surface area (Å²) in [6, 6.07) is 13.5. The summed E-state index contributed by atoms with van der Waals surface area (Å²) in [5.74, 6) is 0.0865. The molecule has 3 rings (SSSR count). The van der Waals surface area contributed by atoms with Crippen molar-refractivity contribution in [1.82, 2.24) is 4.31 Å². The average molecular weight is 359 g/mol. The van der Waals surface area contributed by atoms with Crippen LogP contribution in [-0.4, -0.2) is 26.3 Å². The fourth-order valence-corrected chi connectivity index (χ4v) is 3.11. The summed E-state index contributed by atoms with van der Waals surface area (Å²) >= 11 is 0. The minimum Gasteiger partial charge on any atom is -0.463 e. The summed E-state index contributed by atoms with van der Waals surface area (Å²) in [7, 11) is -2.46. The lowest BCUT2D eigenvalue weighted by Crippen LogP contribution is -2.30. The van der Waals surface area contributed by atoms with Crippen LogP contribution in [0.25, 0.3) is 22.1 Å². The van der Waals surface area contributed by atoms with Gasteiger partial charge >= 0.3 is 10.3 Å². The largest absolute Gasteiger partial charge is 0.463 e. The van der Waals surface area contributed by atoms with Gasteiger partial charge in [0, 0.05) is 19.7 Å². The van der Waals surface area contributed by atoms with Crippen molar-refractivity contribution in [2.24, 2.45) is 0 Å². The van der Waals surface area contributed by atoms with Crippen molar-refractivity contribution < 1.29 is 17.0 Å². The number of hydrogen-bond acceptors (Lipinski definition) is 5. The summed E-state index contributed by atoms with van der Waals surface area (Å²) < 4.78 is 35.6. The van der Waals surface area contributed by atoms with Gasteiger partial charge in [-0.2, -0.15) is 12.7 Å². The third kappa shape index (κ3) is 3.42. The van der Waals surface area contributed by atoms with Crippen LogP contribution in [0.4, 0.5) is 0 Å². The van der Waals surface area contributed by atoms with E-state index in [0.717, 1.165) is 9.87 Å². The Hall–Kier alpha value is -2.64. The molecule has 1 aromatic heterocycles. The lowest BCUT2D eigenvalue weighted by atomic mass is 10.1. The quantitative estimate of drug-likeness (QED) is 0.700. The lowest BCUT2D eigenvalue weighted by molar-refractivity contribution is 0.401. The molecule has 7 heteroatoms. The van der Waals surface area contributed by atoms with Gasteiger partial charge in [-0.1, -0.05) is 37.3 Å². The second-order valence-corrected chi connectivity index (χ2v) is 7.10. The minimum atomic E-state index is -3.88. The Morgan fingerprint density at radius 1 is 1.12 bits per heavy atom. The van der Waals surface area contributed by atoms with Gasteiger partial charge in [0.25, 0.3) is 0 Å². The zero-order valence-electron chi connectivity index (χ0n) is 13.8. The molecule has 130 valence electrons. The predicted octanol–water partition coefficient (Wildman–Crippen LogP) is 3.04. The Morgan fingerprint density at radius 2 is 1.84 bits per heavy atom. The van der Waals surface area contributed by atoms with Crippen molar-refractivity contribution in [1.29, 1.82) is 0 Å². The molecule has 0 spiro atoms. The van der Waals surface area contributed by atoms with E-state index < -0.39 is 10.3 Å². The van der Waals surface area contributed by atoms with Gasteiger partial charge in [0.15, 0.2) is 5.43 Å². The van der Waals surface area contributed by atoms with Crippen molar-refractivity contribution in [3.63, 3.8) is 0 Å². The highest BCUT2D eigenvalue weighted by Crippen LogP contribution is 2.24. The summed E-state index contributed by atoms with van der Waals surface area (Å²) in [4.78, 5) is 12.7. The van der Waals surface area contributed by atoms with Crippen LogP contribution in [0.3, 0.4) is 0 Å². The molecule has 0 bridgehead atoms. The van der Waals surface area contributed by atoms with Crippen LogP contribution in [0.5, 0.6) is 5.75 Å². The van der Waals surface area contributed by atoms with E-state index in [4.69, 9.17) is 8.60 Å². The normalized spacial score (nSPS) is 11.8. The maximum atomic E-state index is 12.7. The molecule has 0 unspecified atom stereocenters. The first-order chi connectivity index (χ1) is 11.9. The molecule has 2 aromatic carbocycles. The molecule has 0 saturated carbocycles. The number of nitrogens with zero attached hydrogens (tertiary/aromatic N) is 1. The molecule has 3 aromatic rings. The molecular formula is C18H17NO5S. The Morgan fingerprint density at radius 3 is 2.52 bits per heavy atom. The van der Waals surface area contributed by atoms with Gasteiger partial charge in [-0.05, 0) is 17.7 Å². The smallest absolute Gasteiger partial charge is 0.384 e. The molecule has 25 heavy (non-hydrogen) atoms. The Kier molecular flexibility index (Phi) is 4.61. The van der Waals surface area contributed by atoms with Crippen molar-refractivity contribution in [2.75, 3.05) is 13.6 Å². The first kappa shape index (κ1) is 17.2. The van der Waals surface area contributed by atoms with Gasteiger partial charge in [0.05, 0.1) is 10.9 Å². The highest BCUT2D eigenvalue weighted by atomic mass is 32.2. The molecule has 0 aliphatic rings. The summed E-state index contributed by atoms with van der Waals surface area (Å²) in [5, 5.41) is 0.356. The predicted molar refractivity (Wildman–Crippen MR) is 95.8 cm³/mol. The SMILES string of the molecule is CCN(C)S(=O)(=O)Oc1ccc2c(=O)c(-c3ccccc3)coc2c1. The first-order valence-electron chi connectivity index (χ1n) is 7.69. The van der Waals surface area contributed by atoms with Crippen LogP contribution in [0.1, 0.15) is 6.92 Å². The first-order valence-corrected chi connectivity index (χ1v) is 9.05. The van der Waals surface area contributed by atoms with Gasteiger partial charge in [0.2, 0.25) is 0 Å². The molecule has 6 nitrogen and oxygen atoms in total. The zero-order valence-corrected chi connectivity index (χ0v) is 14.6. The molecule has 0 fully saturated rings. The van der Waals surface area contributed by atoms with E-state index in [-0.39, 0.29) is 23.3 Å². The Bertz CT molecular complexity index is 1060. The van der Waals surface area contributed by atoms with Crippen LogP contribution >= 0.6 is 0 Å². The number of hydrogen-bond donors (Lipinski definition) is 0. The van der Waals surface area contributed by atoms with Gasteiger partial charge in [-0.3, -0.25) is 4.79 Å². The maximum Gasteiger partial charge on any atom is 0.384 e. The summed E-state index contributed by atoms with van der Waals surface area (Å²) in [5.41, 5.74) is 1.27. The fourth-order valence-electron chi connectivity index (χ4n) is 2.32. The van der Waals surface area contributed by atoms with Gasteiger partial charge in [-0.25, -0.2) is 0 Å². The van der Waals surface area contributed by atoms with E-state index in [1.54, 1.807) is 6.92 Å². The Labute approximate surface area is 145 Å². The van der Waals surface area contributed by atoms with E-state index in [9.17, 15) is 13.2 Å². The minimum absolute atomic E-state index is 0.0865. The van der Waals surface area contributed by atoms with Crippen molar-refractivity contribution in [2.45, 2.75) is 6.92 Å². The van der Waals surface area contributed by atoms with Crippen molar-refractivity contribution in [3.8, 4) is 16.9 Å². The fraction of sp³-hybridized carbons (Fsp3) is 0.167. The van der Waals surface area contributed by atoms with Crippen LogP contribution in [-0.2, 0) is 10.3 Å². The topological polar surface area (TPSA) is 76.8 Å². The van der Waals surface area contributed by atoms with E-state index in [1.165, 1.54) is 31.5 Å². The standard InChI is InChI=1S/C18H17NO5S/c1-3-19(2)25(21,22)24-14-9-10-15-17(11-14)23-12-16(18(15)20)13-7-5-4-6-8-13/h4-12H,3H2,1-2H3. The van der Waals surface area contributed by atoms with E-state index in [0.29, 0.717) is 10.9 Å². The Balaban J connectivity index is 2.02. The van der Waals surface area contributed by atoms with Crippen molar-refractivity contribution >= 4 is 21.3 Å². The van der Waals surface area contributed by atoms with E-state index in [1.807, 2.05) is 30.3 Å². The molecule has 0 N–H and O–H groups in total. The highest BCUT2D eigenvalue weighted by Gasteiger charge is 2.19. The number of benzene rings is 2. The van der Waals surface area contributed by atoms with Crippen molar-refractivity contribution in [3.05, 3.63) is 65.0 Å². The molecule has 0 aliphatic heterocycles. The molecule has 0 radical (unpaired) electrons. The number of fused-ring (bicyclic) bond motifs is 1. The van der Waals surface area contributed by atoms with E-state index in [2.05, 4.69) is 0 Å². The molecule has 0 atom stereocenters. The number of rotatable bonds is 5. The second-order valence-electron chi connectivity index (χ2n) is 5.46. The molecule has 0 aliphatic carbocycles. The van der Waals surface area contributed by atoms with E-state index >= 15 is 0 Å². The molecule has 1 heterocycles. The maximum absolute atomic E-state index is 12.7. The zero-order chi connectivity index (χ0) is 18.0. The monoisotopic (exact) mass is 359 g/mol. The molecular weight excluding hydrogens is 342 g/mol. The van der Waals surface area contributed by atoms with Crippen LogP contribution < -0.4 is 9.61 Å². The summed E-state index contributed by atoms with van der Waals surface area (Å²) in [6.45, 7) is 1.98. The highest BCUT2D eigenvalue weighted by molar-refractivity contribution is 7.84. The van der Waals surface area contributed by atoms with Gasteiger partial charge in [-0.15, -0.1) is 0 Å². The average Bonchev–Trinajstić information content (AvgIpc) is 2.61. The third-order valence-electron chi connectivity index (χ3n) is 3.86.